The maximum absolute atomic E-state index is 14.1. The summed E-state index contributed by atoms with van der Waals surface area (Å²) in [6, 6.07) is 11.4. The summed E-state index contributed by atoms with van der Waals surface area (Å²) in [4.78, 5) is 0.0821. The highest BCUT2D eigenvalue weighted by Crippen LogP contribution is 2.38. The molecule has 0 amide bonds. The zero-order chi connectivity index (χ0) is 19.4. The predicted octanol–water partition coefficient (Wildman–Crippen LogP) is 3.71. The average Bonchev–Trinajstić information content (AvgIpc) is 2.94. The fraction of sp³-hybridized carbons (Fsp3) is 0.368. The van der Waals surface area contributed by atoms with Crippen LogP contribution in [0.5, 0.6) is 11.5 Å². The SMILES string of the molecule is COc1ccc(OC)c(S(=O)(=O)N2CCSC(c3ccccc3F)CC2)c1. The number of halogens is 1. The second kappa shape index (κ2) is 8.50. The van der Waals surface area contributed by atoms with Crippen molar-refractivity contribution >= 4 is 21.8 Å². The first-order chi connectivity index (χ1) is 13.0. The normalized spacial score (nSPS) is 18.7. The number of benzene rings is 2. The molecule has 0 bridgehead atoms. The molecular formula is C19H22FNO4S2. The summed E-state index contributed by atoms with van der Waals surface area (Å²) in [5, 5.41) is -0.0707. The Morgan fingerprint density at radius 2 is 1.89 bits per heavy atom. The zero-order valence-corrected chi connectivity index (χ0v) is 16.9. The molecule has 0 N–H and O–H groups in total. The first kappa shape index (κ1) is 20.0. The van der Waals surface area contributed by atoms with Crippen LogP contribution in [0.3, 0.4) is 0 Å². The summed E-state index contributed by atoms with van der Waals surface area (Å²) in [6.45, 7) is 0.674. The molecule has 1 fully saturated rings. The van der Waals surface area contributed by atoms with E-state index in [0.29, 0.717) is 36.6 Å². The molecule has 5 nitrogen and oxygen atoms in total. The highest BCUT2D eigenvalue weighted by Gasteiger charge is 2.31. The van der Waals surface area contributed by atoms with E-state index < -0.39 is 10.0 Å². The van der Waals surface area contributed by atoms with Crippen molar-refractivity contribution in [2.75, 3.05) is 33.1 Å². The molecule has 27 heavy (non-hydrogen) atoms. The molecule has 0 radical (unpaired) electrons. The van der Waals surface area contributed by atoms with Gasteiger partial charge in [-0.2, -0.15) is 16.1 Å². The fourth-order valence-corrected chi connectivity index (χ4v) is 6.09. The van der Waals surface area contributed by atoms with Gasteiger partial charge < -0.3 is 9.47 Å². The number of rotatable bonds is 5. The summed E-state index contributed by atoms with van der Waals surface area (Å²) >= 11 is 1.58. The molecule has 1 saturated heterocycles. The lowest BCUT2D eigenvalue weighted by atomic mass is 10.1. The van der Waals surface area contributed by atoms with Gasteiger partial charge >= 0.3 is 0 Å². The van der Waals surface area contributed by atoms with E-state index in [1.54, 1.807) is 42.1 Å². The summed E-state index contributed by atoms with van der Waals surface area (Å²) in [7, 11) is -0.831. The smallest absolute Gasteiger partial charge is 0.246 e. The molecule has 1 unspecified atom stereocenters. The number of ether oxygens (including phenoxy) is 2. The Bertz CT molecular complexity index is 904. The van der Waals surface area contributed by atoms with Gasteiger partial charge in [-0.1, -0.05) is 18.2 Å². The van der Waals surface area contributed by atoms with Crippen molar-refractivity contribution in [2.24, 2.45) is 0 Å². The molecule has 0 aliphatic carbocycles. The highest BCUT2D eigenvalue weighted by atomic mass is 32.2. The van der Waals surface area contributed by atoms with Gasteiger partial charge in [-0.3, -0.25) is 0 Å². The summed E-state index contributed by atoms with van der Waals surface area (Å²) < 4.78 is 52.4. The minimum atomic E-state index is -3.76. The largest absolute Gasteiger partial charge is 0.497 e. The van der Waals surface area contributed by atoms with Gasteiger partial charge in [0.25, 0.3) is 0 Å². The standard InChI is InChI=1S/C19H22FNO4S2/c1-24-14-7-8-17(25-2)19(13-14)27(22,23)21-10-9-18(26-12-11-21)15-5-3-4-6-16(15)20/h3-8,13,18H,9-12H2,1-2H3. The average molecular weight is 412 g/mol. The lowest BCUT2D eigenvalue weighted by Crippen LogP contribution is -2.33. The Morgan fingerprint density at radius 3 is 2.59 bits per heavy atom. The Morgan fingerprint density at radius 1 is 1.11 bits per heavy atom. The summed E-state index contributed by atoms with van der Waals surface area (Å²) in [5.74, 6) is 1.06. The van der Waals surface area contributed by atoms with Crippen LogP contribution in [-0.2, 0) is 10.0 Å². The fourth-order valence-electron chi connectivity index (χ4n) is 3.10. The molecule has 1 aliphatic rings. The van der Waals surface area contributed by atoms with E-state index >= 15 is 0 Å². The Kier molecular flexibility index (Phi) is 6.29. The second-order valence-corrected chi connectivity index (χ2v) is 9.31. The molecule has 1 atom stereocenters. The quantitative estimate of drug-likeness (QED) is 0.751. The number of thioether (sulfide) groups is 1. The van der Waals surface area contributed by atoms with Crippen molar-refractivity contribution in [2.45, 2.75) is 16.6 Å². The maximum atomic E-state index is 14.1. The maximum Gasteiger partial charge on any atom is 0.246 e. The van der Waals surface area contributed by atoms with E-state index in [9.17, 15) is 12.8 Å². The van der Waals surface area contributed by atoms with Gasteiger partial charge in [-0.25, -0.2) is 12.8 Å². The predicted molar refractivity (Wildman–Crippen MR) is 105 cm³/mol. The minimum absolute atomic E-state index is 0.0707. The second-order valence-electron chi connectivity index (χ2n) is 6.09. The first-order valence-corrected chi connectivity index (χ1v) is 11.0. The van der Waals surface area contributed by atoms with Gasteiger partial charge in [0.2, 0.25) is 10.0 Å². The van der Waals surface area contributed by atoms with Crippen LogP contribution in [0.25, 0.3) is 0 Å². The highest BCUT2D eigenvalue weighted by molar-refractivity contribution is 7.99. The van der Waals surface area contributed by atoms with Crippen LogP contribution in [0, 0.1) is 5.82 Å². The molecule has 1 heterocycles. The summed E-state index contributed by atoms with van der Waals surface area (Å²) in [5.41, 5.74) is 0.626. The van der Waals surface area contributed by atoms with Crippen molar-refractivity contribution in [1.82, 2.24) is 4.31 Å². The molecule has 2 aromatic carbocycles. The van der Waals surface area contributed by atoms with E-state index in [1.807, 2.05) is 0 Å². The minimum Gasteiger partial charge on any atom is -0.497 e. The van der Waals surface area contributed by atoms with Crippen molar-refractivity contribution < 1.29 is 22.3 Å². The molecule has 2 aromatic rings. The Labute approximate surface area is 163 Å². The number of hydrogen-bond acceptors (Lipinski definition) is 5. The molecular weight excluding hydrogens is 389 g/mol. The van der Waals surface area contributed by atoms with Gasteiger partial charge in [0.05, 0.1) is 14.2 Å². The van der Waals surface area contributed by atoms with Crippen molar-refractivity contribution in [3.8, 4) is 11.5 Å². The third kappa shape index (κ3) is 4.23. The number of methoxy groups -OCH3 is 2. The monoisotopic (exact) mass is 411 g/mol. The van der Waals surface area contributed by atoms with Crippen LogP contribution in [-0.4, -0.2) is 45.8 Å². The van der Waals surface area contributed by atoms with Crippen LogP contribution >= 0.6 is 11.8 Å². The van der Waals surface area contributed by atoms with E-state index in [1.165, 1.54) is 30.7 Å². The van der Waals surface area contributed by atoms with E-state index in [2.05, 4.69) is 0 Å². The van der Waals surface area contributed by atoms with Gasteiger partial charge in [0.15, 0.2) is 0 Å². The van der Waals surface area contributed by atoms with Crippen molar-refractivity contribution in [3.05, 3.63) is 53.8 Å². The van der Waals surface area contributed by atoms with Gasteiger partial charge in [-0.05, 0) is 24.6 Å². The van der Waals surface area contributed by atoms with Crippen LogP contribution in [0.2, 0.25) is 0 Å². The van der Waals surface area contributed by atoms with E-state index in [4.69, 9.17) is 9.47 Å². The van der Waals surface area contributed by atoms with Crippen LogP contribution in [0.1, 0.15) is 17.2 Å². The van der Waals surface area contributed by atoms with Crippen molar-refractivity contribution in [3.63, 3.8) is 0 Å². The van der Waals surface area contributed by atoms with Crippen LogP contribution < -0.4 is 9.47 Å². The molecule has 1 aliphatic heterocycles. The van der Waals surface area contributed by atoms with Crippen LogP contribution in [0.15, 0.2) is 47.4 Å². The molecule has 3 rings (SSSR count). The topological polar surface area (TPSA) is 55.8 Å². The molecule has 0 aromatic heterocycles. The van der Waals surface area contributed by atoms with Gasteiger partial charge in [0, 0.05) is 35.7 Å². The molecule has 0 saturated carbocycles. The molecule has 0 spiro atoms. The Hall–Kier alpha value is -1.77. The lowest BCUT2D eigenvalue weighted by Gasteiger charge is -2.21. The van der Waals surface area contributed by atoms with E-state index in [-0.39, 0.29) is 21.7 Å². The van der Waals surface area contributed by atoms with Crippen LogP contribution in [0.4, 0.5) is 4.39 Å². The third-order valence-corrected chi connectivity index (χ3v) is 7.77. The third-order valence-electron chi connectivity index (χ3n) is 4.54. The Balaban J connectivity index is 1.86. The molecule has 8 heteroatoms. The van der Waals surface area contributed by atoms with Crippen molar-refractivity contribution in [1.29, 1.82) is 0 Å². The first-order valence-electron chi connectivity index (χ1n) is 8.55. The zero-order valence-electron chi connectivity index (χ0n) is 15.2. The lowest BCUT2D eigenvalue weighted by molar-refractivity contribution is 0.384. The number of nitrogens with zero attached hydrogens (tertiary/aromatic N) is 1. The van der Waals surface area contributed by atoms with Gasteiger partial charge in [-0.15, -0.1) is 0 Å². The number of sulfonamides is 1. The summed E-state index contributed by atoms with van der Waals surface area (Å²) in [6.07, 6.45) is 0.539. The van der Waals surface area contributed by atoms with E-state index in [0.717, 1.165) is 0 Å². The number of hydrogen-bond donors (Lipinski definition) is 0. The molecule has 146 valence electrons. The van der Waals surface area contributed by atoms with Gasteiger partial charge in [0.1, 0.15) is 22.2 Å².